The van der Waals surface area contributed by atoms with Crippen molar-refractivity contribution in [2.45, 2.75) is 38.1 Å². The molecule has 240 valence electrons. The Morgan fingerprint density at radius 2 is 1.43 bits per heavy atom. The Hall–Kier alpha value is -6.01. The van der Waals surface area contributed by atoms with Gasteiger partial charge in [-0.05, 0) is 114 Å². The van der Waals surface area contributed by atoms with E-state index in [2.05, 4.69) is 119 Å². The zero-order valence-corrected chi connectivity index (χ0v) is 27.2. The van der Waals surface area contributed by atoms with Crippen molar-refractivity contribution >= 4 is 52.9 Å². The van der Waals surface area contributed by atoms with Crippen LogP contribution in [0.15, 0.2) is 138 Å². The van der Waals surface area contributed by atoms with Crippen LogP contribution in [-0.4, -0.2) is 24.1 Å². The molecule has 2 atom stereocenters. The maximum Gasteiger partial charge on any atom is 0.298 e. The normalized spacial score (nSPS) is 18.7. The maximum atomic E-state index is 13.5. The van der Waals surface area contributed by atoms with E-state index in [1.165, 1.54) is 45.1 Å². The lowest BCUT2D eigenvalue weighted by Crippen LogP contribution is -2.26. The highest BCUT2D eigenvalue weighted by atomic mass is 16.5. The molecule has 0 radical (unpaired) electrons. The summed E-state index contributed by atoms with van der Waals surface area (Å²) >= 11 is 0. The molecule has 0 aromatic heterocycles. The number of fused-ring (bicyclic) bond motifs is 3. The minimum atomic E-state index is -0.181. The second kappa shape index (κ2) is 12.9. The summed E-state index contributed by atoms with van der Waals surface area (Å²) in [6.07, 6.45) is 7.74. The zero-order valence-electron chi connectivity index (χ0n) is 27.2. The van der Waals surface area contributed by atoms with Gasteiger partial charge in [0.15, 0.2) is 0 Å². The molecular formula is C43H35N3O3. The van der Waals surface area contributed by atoms with Gasteiger partial charge in [0, 0.05) is 23.3 Å². The molecule has 6 nitrogen and oxygen atoms in total. The molecule has 3 aliphatic rings. The van der Waals surface area contributed by atoms with Crippen molar-refractivity contribution in [1.82, 2.24) is 0 Å². The monoisotopic (exact) mass is 641 g/mol. The van der Waals surface area contributed by atoms with Crippen LogP contribution in [0.4, 0.5) is 17.1 Å². The van der Waals surface area contributed by atoms with Crippen LogP contribution in [0.25, 0.3) is 17.7 Å². The first-order valence-corrected chi connectivity index (χ1v) is 16.8. The van der Waals surface area contributed by atoms with Gasteiger partial charge in [0.05, 0.1) is 17.0 Å². The molecule has 1 fully saturated rings. The number of anilines is 3. The van der Waals surface area contributed by atoms with E-state index in [-0.39, 0.29) is 5.91 Å². The number of hydrazone groups is 1. The van der Waals surface area contributed by atoms with Crippen molar-refractivity contribution in [3.05, 3.63) is 161 Å². The number of carbonyl (C=O) groups excluding carboxylic acids is 2. The predicted molar refractivity (Wildman–Crippen MR) is 197 cm³/mol. The predicted octanol–water partition coefficient (Wildman–Crippen LogP) is 9.40. The Morgan fingerprint density at radius 3 is 2.10 bits per heavy atom. The molecule has 1 aliphatic carbocycles. The Kier molecular flexibility index (Phi) is 7.98. The summed E-state index contributed by atoms with van der Waals surface area (Å²) in [4.78, 5) is 26.7. The van der Waals surface area contributed by atoms with Crippen LogP contribution in [-0.2, 0) is 9.59 Å². The van der Waals surface area contributed by atoms with Crippen LogP contribution in [0.5, 0.6) is 5.75 Å². The summed E-state index contributed by atoms with van der Waals surface area (Å²) in [6.45, 7) is 2.24. The molecule has 5 aromatic rings. The Balaban J connectivity index is 1.07. The fraction of sp³-hybridized carbons (Fsp3) is 0.140. The SMILES string of the molecule is CC1=NN(c2ccc(OC=O)cc2)C(=O)/C1=C\c1ccc2c(c1)C1CCCC1N2c1ccc(C=C(c2ccccc2)c2ccccc2)cc1. The Bertz CT molecular complexity index is 2080. The van der Waals surface area contributed by atoms with Crippen LogP contribution in [0.3, 0.4) is 0 Å². The summed E-state index contributed by atoms with van der Waals surface area (Å²) in [6, 6.07) is 43.8. The van der Waals surface area contributed by atoms with Gasteiger partial charge in [-0.25, -0.2) is 0 Å². The highest BCUT2D eigenvalue weighted by molar-refractivity contribution is 6.32. The van der Waals surface area contributed by atoms with Crippen molar-refractivity contribution in [3.63, 3.8) is 0 Å². The number of rotatable bonds is 8. The first kappa shape index (κ1) is 30.3. The van der Waals surface area contributed by atoms with Crippen LogP contribution >= 0.6 is 0 Å². The summed E-state index contributed by atoms with van der Waals surface area (Å²) in [5.74, 6) is 0.680. The molecule has 0 N–H and O–H groups in total. The largest absolute Gasteiger partial charge is 0.429 e. The van der Waals surface area contributed by atoms with Crippen molar-refractivity contribution in [2.24, 2.45) is 5.10 Å². The molecule has 2 aliphatic heterocycles. The molecule has 49 heavy (non-hydrogen) atoms. The number of ether oxygens (including phenoxy) is 1. The molecule has 8 rings (SSSR count). The van der Waals surface area contributed by atoms with Gasteiger partial charge in [-0.3, -0.25) is 9.59 Å². The number of hydrogen-bond donors (Lipinski definition) is 0. The summed E-state index contributed by atoms with van der Waals surface area (Å²) in [7, 11) is 0. The minimum absolute atomic E-state index is 0.181. The molecule has 2 unspecified atom stereocenters. The van der Waals surface area contributed by atoms with E-state index in [0.29, 0.717) is 41.2 Å². The molecule has 0 spiro atoms. The third-order valence-corrected chi connectivity index (χ3v) is 9.81. The average molecular weight is 642 g/mol. The fourth-order valence-corrected chi connectivity index (χ4v) is 7.51. The van der Waals surface area contributed by atoms with Crippen molar-refractivity contribution in [1.29, 1.82) is 0 Å². The van der Waals surface area contributed by atoms with E-state index in [1.54, 1.807) is 24.3 Å². The van der Waals surface area contributed by atoms with E-state index in [1.807, 2.05) is 13.0 Å². The van der Waals surface area contributed by atoms with Gasteiger partial charge < -0.3 is 9.64 Å². The van der Waals surface area contributed by atoms with Gasteiger partial charge in [-0.2, -0.15) is 10.1 Å². The van der Waals surface area contributed by atoms with Gasteiger partial charge in [0.1, 0.15) is 5.75 Å². The molecule has 1 saturated carbocycles. The Labute approximate surface area is 286 Å². The topological polar surface area (TPSA) is 62.2 Å². The fourth-order valence-electron chi connectivity index (χ4n) is 7.51. The summed E-state index contributed by atoms with van der Waals surface area (Å²) < 4.78 is 4.89. The van der Waals surface area contributed by atoms with Crippen LogP contribution in [0.2, 0.25) is 0 Å². The molecule has 0 bridgehead atoms. The standard InChI is InChI=1S/C43H35N3O3/c1-29-38(43(48)46(44-29)35-20-22-36(23-21-35)49-28-47)26-31-17-24-42-40(27-31)37-13-8-14-41(37)45(42)34-18-15-30(16-19-34)25-39(32-9-4-2-5-10-32)33-11-6-3-7-12-33/h2-7,9-12,15-28,37,41H,8,13-14H2,1H3/b38-26-. The first-order valence-electron chi connectivity index (χ1n) is 16.8. The van der Waals surface area contributed by atoms with Crippen LogP contribution < -0.4 is 14.6 Å². The Morgan fingerprint density at radius 1 is 0.776 bits per heavy atom. The summed E-state index contributed by atoms with van der Waals surface area (Å²) in [5.41, 5.74) is 11.4. The first-order chi connectivity index (χ1) is 24.1. The quantitative estimate of drug-likeness (QED) is 0.0962. The average Bonchev–Trinajstić information content (AvgIpc) is 3.82. The molecule has 0 saturated heterocycles. The molecule has 5 aromatic carbocycles. The third-order valence-electron chi connectivity index (χ3n) is 9.81. The lowest BCUT2D eigenvalue weighted by Gasteiger charge is -2.27. The van der Waals surface area contributed by atoms with E-state index in [9.17, 15) is 9.59 Å². The zero-order chi connectivity index (χ0) is 33.3. The lowest BCUT2D eigenvalue weighted by molar-refractivity contribution is -0.120. The third kappa shape index (κ3) is 5.76. The van der Waals surface area contributed by atoms with E-state index in [0.717, 1.165) is 24.0 Å². The van der Waals surface area contributed by atoms with Crippen LogP contribution in [0, 0.1) is 0 Å². The second-order valence-corrected chi connectivity index (χ2v) is 12.7. The van der Waals surface area contributed by atoms with Gasteiger partial charge in [0.2, 0.25) is 0 Å². The molecular weight excluding hydrogens is 606 g/mol. The number of nitrogens with zero attached hydrogens (tertiary/aromatic N) is 3. The number of amides is 1. The molecule has 2 heterocycles. The smallest absolute Gasteiger partial charge is 0.298 e. The van der Waals surface area contributed by atoms with Crippen LogP contribution in [0.1, 0.15) is 59.9 Å². The minimum Gasteiger partial charge on any atom is -0.429 e. The van der Waals surface area contributed by atoms with Crippen molar-refractivity contribution in [2.75, 3.05) is 9.91 Å². The number of benzene rings is 5. The highest BCUT2D eigenvalue weighted by Crippen LogP contribution is 2.52. The van der Waals surface area contributed by atoms with Gasteiger partial charge in [-0.15, -0.1) is 0 Å². The molecule has 6 heteroatoms. The molecule has 1 amide bonds. The van der Waals surface area contributed by atoms with Gasteiger partial charge in [0.25, 0.3) is 12.4 Å². The summed E-state index contributed by atoms with van der Waals surface area (Å²) in [5, 5.41) is 5.94. The van der Waals surface area contributed by atoms with Crippen molar-refractivity contribution < 1.29 is 14.3 Å². The van der Waals surface area contributed by atoms with E-state index < -0.39 is 0 Å². The number of hydrogen-bond acceptors (Lipinski definition) is 5. The van der Waals surface area contributed by atoms with Crippen molar-refractivity contribution in [3.8, 4) is 5.75 Å². The second-order valence-electron chi connectivity index (χ2n) is 12.7. The highest BCUT2D eigenvalue weighted by Gasteiger charge is 2.42. The maximum absolute atomic E-state index is 13.5. The lowest BCUT2D eigenvalue weighted by atomic mass is 9.95. The van der Waals surface area contributed by atoms with E-state index in [4.69, 9.17) is 4.74 Å². The van der Waals surface area contributed by atoms with Gasteiger partial charge in [-0.1, -0.05) is 85.3 Å². The number of carbonyl (C=O) groups is 2. The van der Waals surface area contributed by atoms with E-state index >= 15 is 0 Å². The van der Waals surface area contributed by atoms with Gasteiger partial charge >= 0.3 is 0 Å².